The molecule has 1 atom stereocenters. The van der Waals surface area contributed by atoms with Crippen LogP contribution in [-0.2, 0) is 13.0 Å². The van der Waals surface area contributed by atoms with E-state index in [1.165, 1.54) is 11.1 Å². The molecular weight excluding hydrogens is 312 g/mol. The molecule has 5 nitrogen and oxygen atoms in total. The summed E-state index contributed by atoms with van der Waals surface area (Å²) < 4.78 is 1.89. The van der Waals surface area contributed by atoms with Gasteiger partial charge in [-0.1, -0.05) is 30.3 Å². The van der Waals surface area contributed by atoms with Gasteiger partial charge in [0.25, 0.3) is 0 Å². The first-order chi connectivity index (χ1) is 12.3. The van der Waals surface area contributed by atoms with E-state index >= 15 is 0 Å². The minimum atomic E-state index is 0.166. The van der Waals surface area contributed by atoms with Crippen molar-refractivity contribution in [3.8, 4) is 5.82 Å². The highest BCUT2D eigenvalue weighted by atomic mass is 16.3. The van der Waals surface area contributed by atoms with E-state index in [0.717, 1.165) is 30.8 Å². The average Bonchev–Trinajstić information content (AvgIpc) is 3.32. The summed E-state index contributed by atoms with van der Waals surface area (Å²) in [6, 6.07) is 13.1. The molecule has 25 heavy (non-hydrogen) atoms. The number of nitrogens with zero attached hydrogens (tertiary/aromatic N) is 4. The lowest BCUT2D eigenvalue weighted by atomic mass is 10.1. The lowest BCUT2D eigenvalue weighted by molar-refractivity contribution is 0.142. The van der Waals surface area contributed by atoms with Crippen LogP contribution in [0.2, 0.25) is 0 Å². The highest BCUT2D eigenvalue weighted by Gasteiger charge is 2.27. The number of hydrogen-bond donors (Lipinski definition) is 1. The summed E-state index contributed by atoms with van der Waals surface area (Å²) in [6.07, 6.45) is 9.52. The van der Waals surface area contributed by atoms with Gasteiger partial charge in [0, 0.05) is 37.7 Å². The van der Waals surface area contributed by atoms with E-state index in [2.05, 4.69) is 45.2 Å². The maximum atomic E-state index is 9.52. The van der Waals surface area contributed by atoms with Crippen LogP contribution in [-0.4, -0.2) is 37.7 Å². The van der Waals surface area contributed by atoms with Crippen LogP contribution in [0.15, 0.2) is 61.3 Å². The number of aliphatic hydroxyl groups excluding tert-OH is 1. The van der Waals surface area contributed by atoms with Crippen LogP contribution in [0.25, 0.3) is 5.82 Å². The molecule has 0 fully saturated rings. The molecule has 0 saturated heterocycles. The van der Waals surface area contributed by atoms with E-state index in [9.17, 15) is 5.11 Å². The number of benzene rings is 1. The van der Waals surface area contributed by atoms with E-state index in [0.29, 0.717) is 12.6 Å². The first-order valence-electron chi connectivity index (χ1n) is 8.71. The summed E-state index contributed by atoms with van der Waals surface area (Å²) in [5, 5.41) is 9.52. The highest BCUT2D eigenvalue weighted by molar-refractivity contribution is 5.34. The lowest BCUT2D eigenvalue weighted by Crippen LogP contribution is -2.30. The molecule has 2 aromatic heterocycles. The van der Waals surface area contributed by atoms with E-state index in [-0.39, 0.29) is 6.61 Å². The van der Waals surface area contributed by atoms with Crippen LogP contribution in [0.4, 0.5) is 0 Å². The van der Waals surface area contributed by atoms with Crippen molar-refractivity contribution >= 4 is 0 Å². The van der Waals surface area contributed by atoms with Gasteiger partial charge in [-0.2, -0.15) is 0 Å². The zero-order valence-corrected chi connectivity index (χ0v) is 14.1. The minimum Gasteiger partial charge on any atom is -0.395 e. The van der Waals surface area contributed by atoms with Crippen molar-refractivity contribution in [1.82, 2.24) is 19.4 Å². The zero-order chi connectivity index (χ0) is 17.1. The molecule has 1 aliphatic rings. The van der Waals surface area contributed by atoms with E-state index in [1.807, 2.05) is 23.0 Å². The summed E-state index contributed by atoms with van der Waals surface area (Å²) in [5.41, 5.74) is 3.99. The molecule has 1 N–H and O–H groups in total. The molecule has 0 aliphatic heterocycles. The molecule has 2 heterocycles. The van der Waals surface area contributed by atoms with Gasteiger partial charge in [0.05, 0.1) is 6.61 Å². The van der Waals surface area contributed by atoms with Gasteiger partial charge in [-0.25, -0.2) is 9.97 Å². The second-order valence-corrected chi connectivity index (χ2v) is 6.44. The van der Waals surface area contributed by atoms with Gasteiger partial charge in [0.2, 0.25) is 0 Å². The molecule has 1 aromatic carbocycles. The van der Waals surface area contributed by atoms with Crippen molar-refractivity contribution < 1.29 is 5.11 Å². The predicted octanol–water partition coefficient (Wildman–Crippen LogP) is 2.75. The standard InChI is InChI=1S/C20H22N4O/c25-12-11-23(19-7-6-17-3-1-2-4-18(17)19)14-16-5-8-20(22-13-16)24-10-9-21-15-24/h1-5,8-10,13,15,19,25H,6-7,11-12,14H2. The average molecular weight is 334 g/mol. The van der Waals surface area contributed by atoms with Crippen molar-refractivity contribution in [1.29, 1.82) is 0 Å². The van der Waals surface area contributed by atoms with Crippen molar-refractivity contribution in [2.75, 3.05) is 13.2 Å². The number of imidazole rings is 1. The Morgan fingerprint density at radius 3 is 2.88 bits per heavy atom. The molecule has 3 aromatic rings. The lowest BCUT2D eigenvalue weighted by Gasteiger charge is -2.29. The van der Waals surface area contributed by atoms with Crippen molar-refractivity contribution in [2.45, 2.75) is 25.4 Å². The third kappa shape index (κ3) is 3.34. The van der Waals surface area contributed by atoms with Gasteiger partial charge >= 0.3 is 0 Å². The van der Waals surface area contributed by atoms with Crippen molar-refractivity contribution in [3.05, 3.63) is 78.0 Å². The number of hydrogen-bond acceptors (Lipinski definition) is 4. The Morgan fingerprint density at radius 1 is 1.20 bits per heavy atom. The highest BCUT2D eigenvalue weighted by Crippen LogP contribution is 2.36. The number of fused-ring (bicyclic) bond motifs is 1. The number of aryl methyl sites for hydroxylation is 1. The maximum absolute atomic E-state index is 9.52. The Morgan fingerprint density at radius 2 is 2.12 bits per heavy atom. The first kappa shape index (κ1) is 16.0. The van der Waals surface area contributed by atoms with Gasteiger partial charge in [-0.15, -0.1) is 0 Å². The van der Waals surface area contributed by atoms with Crippen LogP contribution < -0.4 is 0 Å². The van der Waals surface area contributed by atoms with Gasteiger partial charge in [-0.3, -0.25) is 9.47 Å². The van der Waals surface area contributed by atoms with Crippen LogP contribution >= 0.6 is 0 Å². The zero-order valence-electron chi connectivity index (χ0n) is 14.1. The summed E-state index contributed by atoms with van der Waals surface area (Å²) in [6.45, 7) is 1.62. The Hall–Kier alpha value is -2.50. The van der Waals surface area contributed by atoms with Gasteiger partial charge in [0.1, 0.15) is 12.1 Å². The van der Waals surface area contributed by atoms with Crippen LogP contribution in [0.5, 0.6) is 0 Å². The number of aromatic nitrogens is 3. The molecule has 1 aliphatic carbocycles. The van der Waals surface area contributed by atoms with Gasteiger partial charge in [-0.05, 0) is 35.6 Å². The molecular formula is C20H22N4O. The Balaban J connectivity index is 1.53. The number of rotatable bonds is 6. The van der Waals surface area contributed by atoms with Gasteiger partial charge in [0.15, 0.2) is 0 Å². The Kier molecular flexibility index (Phi) is 4.59. The maximum Gasteiger partial charge on any atom is 0.137 e. The quantitative estimate of drug-likeness (QED) is 0.753. The SMILES string of the molecule is OCCN(Cc1ccc(-n2ccnc2)nc1)C1CCc2ccccc21. The molecule has 1 unspecified atom stereocenters. The van der Waals surface area contributed by atoms with Crippen LogP contribution in [0.1, 0.15) is 29.2 Å². The summed E-state index contributed by atoms with van der Waals surface area (Å²) in [4.78, 5) is 11.0. The smallest absolute Gasteiger partial charge is 0.137 e. The second kappa shape index (κ2) is 7.17. The third-order valence-corrected chi connectivity index (χ3v) is 4.89. The largest absolute Gasteiger partial charge is 0.395 e. The van der Waals surface area contributed by atoms with Crippen molar-refractivity contribution in [3.63, 3.8) is 0 Å². The molecule has 0 spiro atoms. The van der Waals surface area contributed by atoms with Crippen LogP contribution in [0.3, 0.4) is 0 Å². The van der Waals surface area contributed by atoms with E-state index < -0.39 is 0 Å². The normalized spacial score (nSPS) is 16.3. The predicted molar refractivity (Wildman–Crippen MR) is 96.4 cm³/mol. The number of pyridine rings is 1. The third-order valence-electron chi connectivity index (χ3n) is 4.89. The van der Waals surface area contributed by atoms with Gasteiger partial charge < -0.3 is 5.11 Å². The number of aliphatic hydroxyl groups is 1. The Bertz CT molecular complexity index is 814. The molecule has 0 bridgehead atoms. The summed E-state index contributed by atoms with van der Waals surface area (Å²) in [5.74, 6) is 0.862. The van der Waals surface area contributed by atoms with E-state index in [1.54, 1.807) is 12.5 Å². The summed E-state index contributed by atoms with van der Waals surface area (Å²) >= 11 is 0. The molecule has 0 radical (unpaired) electrons. The van der Waals surface area contributed by atoms with E-state index in [4.69, 9.17) is 0 Å². The molecule has 4 rings (SSSR count). The fraction of sp³-hybridized carbons (Fsp3) is 0.300. The molecule has 0 amide bonds. The second-order valence-electron chi connectivity index (χ2n) is 6.44. The van der Waals surface area contributed by atoms with Crippen molar-refractivity contribution in [2.24, 2.45) is 0 Å². The summed E-state index contributed by atoms with van der Waals surface area (Å²) in [7, 11) is 0. The molecule has 5 heteroatoms. The minimum absolute atomic E-state index is 0.166. The molecule has 0 saturated carbocycles. The molecule has 128 valence electrons. The Labute approximate surface area is 147 Å². The fourth-order valence-corrected chi connectivity index (χ4v) is 3.68. The first-order valence-corrected chi connectivity index (χ1v) is 8.71. The van der Waals surface area contributed by atoms with Crippen LogP contribution in [0, 0.1) is 0 Å². The topological polar surface area (TPSA) is 54.2 Å². The monoisotopic (exact) mass is 334 g/mol. The fourth-order valence-electron chi connectivity index (χ4n) is 3.68.